The first-order chi connectivity index (χ1) is 7.15. The minimum atomic E-state index is -0.806. The molecule has 0 radical (unpaired) electrons. The van der Waals surface area contributed by atoms with Crippen molar-refractivity contribution in [2.75, 3.05) is 18.0 Å². The fraction of sp³-hybridized carbons (Fsp3) is 0.455. The SMILES string of the molecule is CCCN(CC(=O)O)c1ccncc1C. The summed E-state index contributed by atoms with van der Waals surface area (Å²) in [5.41, 5.74) is 1.96. The molecule has 4 heteroatoms. The van der Waals surface area contributed by atoms with Crippen LogP contribution in [0.4, 0.5) is 5.69 Å². The van der Waals surface area contributed by atoms with Crippen molar-refractivity contribution in [2.45, 2.75) is 20.3 Å². The summed E-state index contributed by atoms with van der Waals surface area (Å²) in [7, 11) is 0. The molecule has 0 saturated carbocycles. The molecule has 1 aromatic heterocycles. The second-order valence-electron chi connectivity index (χ2n) is 3.48. The zero-order chi connectivity index (χ0) is 11.3. The van der Waals surface area contributed by atoms with Gasteiger partial charge in [-0.2, -0.15) is 0 Å². The molecule has 0 bridgehead atoms. The standard InChI is InChI=1S/C11H16N2O2/c1-3-6-13(8-11(14)15)10-4-5-12-7-9(10)2/h4-5,7H,3,6,8H2,1-2H3,(H,14,15). The molecule has 0 unspecified atom stereocenters. The normalized spacial score (nSPS) is 10.0. The lowest BCUT2D eigenvalue weighted by atomic mass is 10.2. The maximum Gasteiger partial charge on any atom is 0.323 e. The zero-order valence-electron chi connectivity index (χ0n) is 9.10. The molecular formula is C11H16N2O2. The first kappa shape index (κ1) is 11.5. The number of aromatic nitrogens is 1. The van der Waals surface area contributed by atoms with Crippen LogP contribution in [0.1, 0.15) is 18.9 Å². The van der Waals surface area contributed by atoms with Crippen LogP contribution < -0.4 is 4.90 Å². The fourth-order valence-corrected chi connectivity index (χ4v) is 1.54. The van der Waals surface area contributed by atoms with Crippen LogP contribution in [0.25, 0.3) is 0 Å². The van der Waals surface area contributed by atoms with Crippen LogP contribution in [0.15, 0.2) is 18.5 Å². The van der Waals surface area contributed by atoms with E-state index in [2.05, 4.69) is 4.98 Å². The average molecular weight is 208 g/mol. The van der Waals surface area contributed by atoms with Crippen molar-refractivity contribution in [1.82, 2.24) is 4.98 Å². The van der Waals surface area contributed by atoms with E-state index in [0.29, 0.717) is 0 Å². The van der Waals surface area contributed by atoms with Crippen molar-refractivity contribution in [3.63, 3.8) is 0 Å². The highest BCUT2D eigenvalue weighted by molar-refractivity contribution is 5.74. The molecule has 0 atom stereocenters. The third kappa shape index (κ3) is 3.23. The van der Waals surface area contributed by atoms with Crippen LogP contribution in [-0.4, -0.2) is 29.1 Å². The first-order valence-corrected chi connectivity index (χ1v) is 5.02. The number of nitrogens with zero attached hydrogens (tertiary/aromatic N) is 2. The van der Waals surface area contributed by atoms with Gasteiger partial charge in [-0.15, -0.1) is 0 Å². The fourth-order valence-electron chi connectivity index (χ4n) is 1.54. The third-order valence-corrected chi connectivity index (χ3v) is 2.15. The van der Waals surface area contributed by atoms with E-state index in [4.69, 9.17) is 5.11 Å². The molecule has 0 aliphatic rings. The predicted octanol–water partition coefficient (Wildman–Crippen LogP) is 1.69. The summed E-state index contributed by atoms with van der Waals surface area (Å²) >= 11 is 0. The number of hydrogen-bond donors (Lipinski definition) is 1. The van der Waals surface area contributed by atoms with Gasteiger partial charge in [-0.3, -0.25) is 9.78 Å². The summed E-state index contributed by atoms with van der Waals surface area (Å²) in [4.78, 5) is 16.6. The van der Waals surface area contributed by atoms with Gasteiger partial charge in [0.05, 0.1) is 0 Å². The highest BCUT2D eigenvalue weighted by atomic mass is 16.4. The van der Waals surface area contributed by atoms with E-state index >= 15 is 0 Å². The monoisotopic (exact) mass is 208 g/mol. The molecule has 0 spiro atoms. The zero-order valence-corrected chi connectivity index (χ0v) is 9.10. The van der Waals surface area contributed by atoms with E-state index in [9.17, 15) is 4.79 Å². The Bertz CT molecular complexity index is 339. The molecule has 0 saturated heterocycles. The van der Waals surface area contributed by atoms with Gasteiger partial charge in [-0.25, -0.2) is 0 Å². The van der Waals surface area contributed by atoms with Gasteiger partial charge < -0.3 is 10.0 Å². The Morgan fingerprint density at radius 3 is 2.87 bits per heavy atom. The van der Waals surface area contributed by atoms with E-state index in [0.717, 1.165) is 24.2 Å². The summed E-state index contributed by atoms with van der Waals surface area (Å²) in [6, 6.07) is 1.86. The molecule has 82 valence electrons. The smallest absolute Gasteiger partial charge is 0.323 e. The third-order valence-electron chi connectivity index (χ3n) is 2.15. The van der Waals surface area contributed by atoms with Gasteiger partial charge in [-0.05, 0) is 25.0 Å². The highest BCUT2D eigenvalue weighted by Crippen LogP contribution is 2.18. The summed E-state index contributed by atoms with van der Waals surface area (Å²) in [6.45, 7) is 4.76. The van der Waals surface area contributed by atoms with Crippen molar-refractivity contribution in [3.05, 3.63) is 24.0 Å². The molecule has 4 nitrogen and oxygen atoms in total. The summed E-state index contributed by atoms with van der Waals surface area (Å²) in [6.07, 6.45) is 4.36. The molecule has 0 amide bonds. The van der Waals surface area contributed by atoms with Gasteiger partial charge in [0, 0.05) is 24.6 Å². The van der Waals surface area contributed by atoms with Gasteiger partial charge in [0.25, 0.3) is 0 Å². The van der Waals surface area contributed by atoms with Gasteiger partial charge in [0.2, 0.25) is 0 Å². The minimum absolute atomic E-state index is 0.0404. The molecule has 15 heavy (non-hydrogen) atoms. The van der Waals surface area contributed by atoms with E-state index in [1.54, 1.807) is 12.4 Å². The van der Waals surface area contributed by atoms with Crippen molar-refractivity contribution in [3.8, 4) is 0 Å². The van der Waals surface area contributed by atoms with Crippen molar-refractivity contribution >= 4 is 11.7 Å². The van der Waals surface area contributed by atoms with E-state index in [1.165, 1.54) is 0 Å². The lowest BCUT2D eigenvalue weighted by molar-refractivity contribution is -0.135. The Hall–Kier alpha value is -1.58. The summed E-state index contributed by atoms with van der Waals surface area (Å²) in [5.74, 6) is -0.806. The van der Waals surface area contributed by atoms with Gasteiger partial charge >= 0.3 is 5.97 Å². The van der Waals surface area contributed by atoms with E-state index < -0.39 is 5.97 Å². The van der Waals surface area contributed by atoms with Gasteiger partial charge in [0.15, 0.2) is 0 Å². The first-order valence-electron chi connectivity index (χ1n) is 5.02. The van der Waals surface area contributed by atoms with Crippen molar-refractivity contribution in [1.29, 1.82) is 0 Å². The quantitative estimate of drug-likeness (QED) is 0.800. The van der Waals surface area contributed by atoms with Crippen LogP contribution in [0, 0.1) is 6.92 Å². The number of carboxylic acid groups (broad SMARTS) is 1. The summed E-state index contributed by atoms with van der Waals surface area (Å²) in [5, 5.41) is 8.81. The molecule has 1 aromatic rings. The number of anilines is 1. The number of rotatable bonds is 5. The van der Waals surface area contributed by atoms with Crippen LogP contribution in [0.3, 0.4) is 0 Å². The van der Waals surface area contributed by atoms with Crippen LogP contribution in [0.2, 0.25) is 0 Å². The van der Waals surface area contributed by atoms with Gasteiger partial charge in [0.1, 0.15) is 6.54 Å². The highest BCUT2D eigenvalue weighted by Gasteiger charge is 2.11. The Balaban J connectivity index is 2.88. The Morgan fingerprint density at radius 2 is 2.33 bits per heavy atom. The lowest BCUT2D eigenvalue weighted by Gasteiger charge is -2.23. The molecule has 0 aliphatic heterocycles. The largest absolute Gasteiger partial charge is 0.480 e. The Labute approximate surface area is 89.6 Å². The second-order valence-corrected chi connectivity index (χ2v) is 3.48. The van der Waals surface area contributed by atoms with Crippen molar-refractivity contribution in [2.24, 2.45) is 0 Å². The number of carboxylic acids is 1. The molecule has 1 N–H and O–H groups in total. The maximum absolute atomic E-state index is 10.7. The molecule has 1 rings (SSSR count). The number of hydrogen-bond acceptors (Lipinski definition) is 3. The van der Waals surface area contributed by atoms with Crippen LogP contribution in [0.5, 0.6) is 0 Å². The molecule has 0 fully saturated rings. The number of aliphatic carboxylic acids is 1. The van der Waals surface area contributed by atoms with Gasteiger partial charge in [-0.1, -0.05) is 6.92 Å². The molecule has 0 aromatic carbocycles. The lowest BCUT2D eigenvalue weighted by Crippen LogP contribution is -2.30. The topological polar surface area (TPSA) is 53.4 Å². The molecule has 0 aliphatic carbocycles. The van der Waals surface area contributed by atoms with E-state index in [1.807, 2.05) is 24.8 Å². The molecular weight excluding hydrogens is 192 g/mol. The van der Waals surface area contributed by atoms with Crippen LogP contribution >= 0.6 is 0 Å². The number of pyridine rings is 1. The Morgan fingerprint density at radius 1 is 1.60 bits per heavy atom. The average Bonchev–Trinajstić information content (AvgIpc) is 2.17. The Kier molecular flexibility index (Phi) is 4.09. The second kappa shape index (κ2) is 5.34. The maximum atomic E-state index is 10.7. The summed E-state index contributed by atoms with van der Waals surface area (Å²) < 4.78 is 0. The van der Waals surface area contributed by atoms with Crippen LogP contribution in [-0.2, 0) is 4.79 Å². The number of aryl methyl sites for hydroxylation is 1. The predicted molar refractivity (Wildman–Crippen MR) is 59.1 cm³/mol. The molecule has 1 heterocycles. The minimum Gasteiger partial charge on any atom is -0.480 e. The number of carbonyl (C=O) groups is 1. The van der Waals surface area contributed by atoms with E-state index in [-0.39, 0.29) is 6.54 Å². The van der Waals surface area contributed by atoms with Crippen molar-refractivity contribution < 1.29 is 9.90 Å².